The molecule has 2 aliphatic rings. The Morgan fingerprint density at radius 2 is 1.91 bits per heavy atom. The molecule has 2 aromatic rings. The van der Waals surface area contributed by atoms with Gasteiger partial charge in [-0.15, -0.1) is 0 Å². The monoisotopic (exact) mass is 553 g/mol. The molecule has 2 amide bonds. The van der Waals surface area contributed by atoms with Crippen LogP contribution in [-0.2, 0) is 11.3 Å². The van der Waals surface area contributed by atoms with E-state index in [1.54, 1.807) is 17.0 Å². The molecule has 1 N–H and O–H groups in total. The van der Waals surface area contributed by atoms with Crippen molar-refractivity contribution in [2.24, 2.45) is 0 Å². The summed E-state index contributed by atoms with van der Waals surface area (Å²) in [6.07, 6.45) is 0. The maximum atomic E-state index is 13.7. The fourth-order valence-electron chi connectivity index (χ4n) is 4.37. The molecule has 0 bridgehead atoms. The van der Waals surface area contributed by atoms with Crippen LogP contribution in [0.2, 0.25) is 0 Å². The second-order valence-corrected chi connectivity index (χ2v) is 9.72. The van der Waals surface area contributed by atoms with Crippen molar-refractivity contribution in [1.29, 1.82) is 0 Å². The molecule has 0 aliphatic carbocycles. The molecule has 172 valence electrons. The minimum absolute atomic E-state index is 0.0233. The van der Waals surface area contributed by atoms with Crippen LogP contribution in [0.15, 0.2) is 30.3 Å². The number of carbonyl (C=O) groups excluding carboxylic acids is 2. The van der Waals surface area contributed by atoms with Crippen LogP contribution in [0.1, 0.15) is 17.4 Å². The van der Waals surface area contributed by atoms with Crippen molar-refractivity contribution < 1.29 is 14.0 Å². The second-order valence-electron chi connectivity index (χ2n) is 8.70. The van der Waals surface area contributed by atoms with Crippen molar-refractivity contribution in [1.82, 2.24) is 24.6 Å². The van der Waals surface area contributed by atoms with Gasteiger partial charge in [-0.2, -0.15) is 0 Å². The molecule has 1 saturated heterocycles. The third kappa shape index (κ3) is 5.15. The molecule has 1 aromatic heterocycles. The summed E-state index contributed by atoms with van der Waals surface area (Å²) in [7, 11) is 2.12. The van der Waals surface area contributed by atoms with Gasteiger partial charge in [0.2, 0.25) is 5.91 Å². The highest BCUT2D eigenvalue weighted by Gasteiger charge is 2.30. The lowest BCUT2D eigenvalue weighted by Crippen LogP contribution is -2.52. The highest BCUT2D eigenvalue weighted by atomic mass is 127. The zero-order valence-electron chi connectivity index (χ0n) is 18.5. The van der Waals surface area contributed by atoms with Crippen LogP contribution in [0.25, 0.3) is 11.1 Å². The third-order valence-electron chi connectivity index (χ3n) is 6.14. The molecule has 32 heavy (non-hydrogen) atoms. The number of aromatic nitrogens is 1. The Morgan fingerprint density at radius 1 is 1.16 bits per heavy atom. The Labute approximate surface area is 201 Å². The molecule has 4 rings (SSSR count). The van der Waals surface area contributed by atoms with Crippen LogP contribution in [0.3, 0.4) is 0 Å². The van der Waals surface area contributed by atoms with Crippen molar-refractivity contribution in [3.05, 3.63) is 45.5 Å². The Morgan fingerprint density at radius 3 is 2.62 bits per heavy atom. The minimum Gasteiger partial charge on any atom is -0.351 e. The second kappa shape index (κ2) is 9.88. The van der Waals surface area contributed by atoms with Gasteiger partial charge in [-0.3, -0.25) is 14.5 Å². The number of halogens is 2. The van der Waals surface area contributed by atoms with Crippen molar-refractivity contribution >= 4 is 34.4 Å². The van der Waals surface area contributed by atoms with Crippen LogP contribution < -0.4 is 5.32 Å². The topological polar surface area (TPSA) is 60.8 Å². The Hall–Kier alpha value is -1.98. The summed E-state index contributed by atoms with van der Waals surface area (Å²) < 4.78 is 16.5. The maximum Gasteiger partial charge on any atom is 0.271 e. The SMILES string of the molecule is C[C@@H](CN1CCN(C)CC1)NC(=O)CN1CCn2c(cc(-c3cccc(F)c3)c2I)C1=O. The van der Waals surface area contributed by atoms with E-state index < -0.39 is 0 Å². The number of likely N-dealkylation sites (N-methyl/N-ethyl adjacent to an activating group) is 1. The van der Waals surface area contributed by atoms with Gasteiger partial charge in [-0.1, -0.05) is 12.1 Å². The van der Waals surface area contributed by atoms with E-state index in [4.69, 9.17) is 0 Å². The van der Waals surface area contributed by atoms with E-state index in [0.717, 1.165) is 47.6 Å². The van der Waals surface area contributed by atoms with Gasteiger partial charge in [0.1, 0.15) is 11.5 Å². The number of nitrogens with zero attached hydrogens (tertiary/aromatic N) is 4. The van der Waals surface area contributed by atoms with Gasteiger partial charge in [0.05, 0.1) is 10.2 Å². The number of piperazine rings is 1. The molecule has 1 fully saturated rings. The summed E-state index contributed by atoms with van der Waals surface area (Å²) in [4.78, 5) is 32.0. The van der Waals surface area contributed by atoms with Gasteiger partial charge in [-0.25, -0.2) is 4.39 Å². The number of nitrogens with one attached hydrogen (secondary N) is 1. The van der Waals surface area contributed by atoms with E-state index in [1.807, 2.05) is 17.6 Å². The van der Waals surface area contributed by atoms with Crippen LogP contribution in [-0.4, -0.2) is 90.0 Å². The zero-order valence-corrected chi connectivity index (χ0v) is 20.6. The number of hydrogen-bond acceptors (Lipinski definition) is 4. The molecule has 3 heterocycles. The standard InChI is InChI=1S/C23H29FIN5O2/c1-16(14-28-8-6-27(2)7-9-28)26-21(31)15-29-10-11-30-20(23(29)32)13-19(22(30)25)17-4-3-5-18(24)12-17/h3-5,12-13,16H,6-11,14-15H2,1-2H3,(H,26,31)/t16-/m0/s1. The molecule has 1 atom stereocenters. The smallest absolute Gasteiger partial charge is 0.271 e. The molecule has 0 unspecified atom stereocenters. The fourth-order valence-corrected chi connectivity index (χ4v) is 5.34. The number of amides is 2. The van der Waals surface area contributed by atoms with Gasteiger partial charge in [-0.05, 0) is 60.3 Å². The lowest BCUT2D eigenvalue weighted by molar-refractivity contribution is -0.122. The van der Waals surface area contributed by atoms with Gasteiger partial charge in [0.15, 0.2) is 0 Å². The van der Waals surface area contributed by atoms with E-state index in [-0.39, 0.29) is 30.2 Å². The van der Waals surface area contributed by atoms with Crippen molar-refractivity contribution in [3.63, 3.8) is 0 Å². The van der Waals surface area contributed by atoms with E-state index in [1.165, 1.54) is 12.1 Å². The Bertz CT molecular complexity index is 1000. The van der Waals surface area contributed by atoms with Gasteiger partial charge >= 0.3 is 0 Å². The molecular formula is C23H29FIN5O2. The summed E-state index contributed by atoms with van der Waals surface area (Å²) in [6, 6.07) is 8.21. The molecule has 0 spiro atoms. The number of rotatable bonds is 6. The first-order chi connectivity index (χ1) is 15.3. The van der Waals surface area contributed by atoms with E-state index in [9.17, 15) is 14.0 Å². The van der Waals surface area contributed by atoms with Gasteiger partial charge < -0.3 is 19.7 Å². The van der Waals surface area contributed by atoms with Crippen LogP contribution in [0, 0.1) is 9.52 Å². The van der Waals surface area contributed by atoms with E-state index in [2.05, 4.69) is 44.8 Å². The van der Waals surface area contributed by atoms with E-state index in [0.29, 0.717) is 18.8 Å². The van der Waals surface area contributed by atoms with Crippen LogP contribution in [0.4, 0.5) is 4.39 Å². The van der Waals surface area contributed by atoms with Crippen molar-refractivity contribution in [3.8, 4) is 11.1 Å². The summed E-state index contributed by atoms with van der Waals surface area (Å²) >= 11 is 2.20. The minimum atomic E-state index is -0.308. The third-order valence-corrected chi connectivity index (χ3v) is 7.30. The quantitative estimate of drug-likeness (QED) is 0.558. The maximum absolute atomic E-state index is 13.7. The van der Waals surface area contributed by atoms with E-state index >= 15 is 0 Å². The number of hydrogen-bond donors (Lipinski definition) is 1. The normalized spacial score (nSPS) is 18.5. The molecule has 0 radical (unpaired) electrons. The first-order valence-corrected chi connectivity index (χ1v) is 12.0. The average molecular weight is 553 g/mol. The lowest BCUT2D eigenvalue weighted by Gasteiger charge is -2.34. The largest absolute Gasteiger partial charge is 0.351 e. The number of fused-ring (bicyclic) bond motifs is 1. The van der Waals surface area contributed by atoms with Gasteiger partial charge in [0.25, 0.3) is 5.91 Å². The average Bonchev–Trinajstić information content (AvgIpc) is 3.09. The zero-order chi connectivity index (χ0) is 22.8. The first-order valence-electron chi connectivity index (χ1n) is 11.0. The Balaban J connectivity index is 1.37. The van der Waals surface area contributed by atoms with Crippen molar-refractivity contribution in [2.45, 2.75) is 19.5 Å². The lowest BCUT2D eigenvalue weighted by atomic mass is 10.1. The molecular weight excluding hydrogens is 524 g/mol. The van der Waals surface area contributed by atoms with Crippen LogP contribution >= 0.6 is 22.6 Å². The highest BCUT2D eigenvalue weighted by Crippen LogP contribution is 2.31. The summed E-state index contributed by atoms with van der Waals surface area (Å²) in [6.45, 7) is 8.03. The summed E-state index contributed by atoms with van der Waals surface area (Å²) in [5.74, 6) is -0.614. The predicted octanol–water partition coefficient (Wildman–Crippen LogP) is 2.11. The first kappa shape index (κ1) is 23.2. The van der Waals surface area contributed by atoms with Gasteiger partial charge in [0, 0.05) is 57.4 Å². The molecule has 7 nitrogen and oxygen atoms in total. The predicted molar refractivity (Wildman–Crippen MR) is 130 cm³/mol. The number of carbonyl (C=O) groups is 2. The fraction of sp³-hybridized carbons (Fsp3) is 0.478. The van der Waals surface area contributed by atoms with Crippen LogP contribution in [0.5, 0.6) is 0 Å². The molecule has 9 heteroatoms. The number of benzene rings is 1. The Kier molecular flexibility index (Phi) is 7.16. The van der Waals surface area contributed by atoms with Crippen molar-refractivity contribution in [2.75, 3.05) is 52.9 Å². The summed E-state index contributed by atoms with van der Waals surface area (Å²) in [5, 5.41) is 3.04. The highest BCUT2D eigenvalue weighted by molar-refractivity contribution is 14.1. The molecule has 1 aromatic carbocycles. The molecule has 2 aliphatic heterocycles. The summed E-state index contributed by atoms with van der Waals surface area (Å²) in [5.41, 5.74) is 2.12. The molecule has 0 saturated carbocycles.